The zero-order chi connectivity index (χ0) is 36.6. The maximum Gasteiger partial charge on any atom is 0.0888 e. The largest absolute Gasteiger partial charge is 0.309 e. The van der Waals surface area contributed by atoms with Crippen LogP contribution >= 0.6 is 11.6 Å². The molecule has 13 rings (SSSR count). The monoisotopic (exact) mass is 731 g/mol. The predicted molar refractivity (Wildman–Crippen MR) is 236 cm³/mol. The summed E-state index contributed by atoms with van der Waals surface area (Å²) < 4.78 is 7.20. The molecule has 0 amide bonds. The molecule has 3 nitrogen and oxygen atoms in total. The number of fused-ring (bicyclic) bond motifs is 9. The molecule has 0 saturated heterocycles. The average molecular weight is 732 g/mol. The molecule has 0 unspecified atom stereocenters. The highest BCUT2D eigenvalue weighted by Gasteiger charge is 2.27. The molecule has 0 spiro atoms. The van der Waals surface area contributed by atoms with Gasteiger partial charge in [-0.3, -0.25) is 0 Å². The molecule has 0 N–H and O–H groups in total. The van der Waals surface area contributed by atoms with E-state index in [2.05, 4.69) is 196 Å². The number of hydrogen-bond acceptors (Lipinski definition) is 0. The van der Waals surface area contributed by atoms with Gasteiger partial charge >= 0.3 is 0 Å². The van der Waals surface area contributed by atoms with E-state index >= 15 is 0 Å². The van der Waals surface area contributed by atoms with Crippen molar-refractivity contribution in [1.82, 2.24) is 13.7 Å². The molecular formula is C52H30ClN3. The molecule has 4 heteroatoms. The number of para-hydroxylation sites is 4. The van der Waals surface area contributed by atoms with Gasteiger partial charge in [0.25, 0.3) is 0 Å². The summed E-state index contributed by atoms with van der Waals surface area (Å²) in [5.41, 5.74) is 14.8. The lowest BCUT2D eigenvalue weighted by molar-refractivity contribution is 1.10. The van der Waals surface area contributed by atoms with E-state index in [1.165, 1.54) is 76.4 Å². The van der Waals surface area contributed by atoms with Gasteiger partial charge in [-0.05, 0) is 81.6 Å². The second kappa shape index (κ2) is 11.0. The Bertz CT molecular complexity index is 3430. The van der Waals surface area contributed by atoms with E-state index in [0.29, 0.717) is 5.02 Å². The van der Waals surface area contributed by atoms with Crippen LogP contribution in [0.2, 0.25) is 5.02 Å². The van der Waals surface area contributed by atoms with Gasteiger partial charge in [-0.2, -0.15) is 0 Å². The van der Waals surface area contributed by atoms with Gasteiger partial charge in [0.2, 0.25) is 0 Å². The molecule has 260 valence electrons. The molecule has 0 radical (unpaired) electrons. The molecular weight excluding hydrogens is 702 g/mol. The van der Waals surface area contributed by atoms with Gasteiger partial charge in [-0.1, -0.05) is 145 Å². The van der Waals surface area contributed by atoms with E-state index in [9.17, 15) is 0 Å². The standard InChI is InChI=1S/C52H30ClN3/c53-52-47(55-41-22-7-3-16-35(41)36-17-4-8-23-42(36)55)29-32(30-48(52)56-43-24-9-5-18-37(43)38-19-6-10-25-44(38)56)54-45-26-12-21-40-34-15-2-1-14-33(34)39-20-11-13-31-27-28-46(54)51(49(31)39)50(40)45/h1-30H. The number of rotatable bonds is 3. The fourth-order valence-corrected chi connectivity index (χ4v) is 10.3. The SMILES string of the molecule is Clc1c(-n2c3ccccc3c3ccccc32)cc(-n2c3cccc4c3c3c5c(cccc5ccc32)-c2ccccc2-4)cc1-n1c2ccccc2c2ccccc21. The van der Waals surface area contributed by atoms with Gasteiger partial charge in [0.05, 0.1) is 55.2 Å². The van der Waals surface area contributed by atoms with Gasteiger partial charge in [-0.25, -0.2) is 0 Å². The van der Waals surface area contributed by atoms with Crippen LogP contribution in [0.4, 0.5) is 0 Å². The van der Waals surface area contributed by atoms with Crippen LogP contribution in [0.5, 0.6) is 0 Å². The highest BCUT2D eigenvalue weighted by molar-refractivity contribution is 6.35. The maximum atomic E-state index is 7.90. The minimum absolute atomic E-state index is 0.691. The Labute approximate surface area is 326 Å². The van der Waals surface area contributed by atoms with Crippen molar-refractivity contribution in [3.05, 3.63) is 187 Å². The van der Waals surface area contributed by atoms with E-state index < -0.39 is 0 Å². The topological polar surface area (TPSA) is 14.8 Å². The quantitative estimate of drug-likeness (QED) is 0.172. The minimum Gasteiger partial charge on any atom is -0.309 e. The Kier molecular flexibility index (Phi) is 5.95. The fourth-order valence-electron chi connectivity index (χ4n) is 10.0. The van der Waals surface area contributed by atoms with Crippen molar-refractivity contribution >= 4 is 87.8 Å². The van der Waals surface area contributed by atoms with Crippen LogP contribution < -0.4 is 0 Å². The van der Waals surface area contributed by atoms with E-state index in [1.807, 2.05) is 0 Å². The van der Waals surface area contributed by atoms with Crippen molar-refractivity contribution in [3.63, 3.8) is 0 Å². The zero-order valence-corrected chi connectivity index (χ0v) is 30.8. The number of aromatic nitrogens is 3. The van der Waals surface area contributed by atoms with Crippen molar-refractivity contribution < 1.29 is 0 Å². The molecule has 0 fully saturated rings. The Morgan fingerprint density at radius 2 is 0.714 bits per heavy atom. The Morgan fingerprint density at radius 3 is 1.25 bits per heavy atom. The molecule has 1 aliphatic carbocycles. The summed E-state index contributed by atoms with van der Waals surface area (Å²) in [6.45, 7) is 0. The van der Waals surface area contributed by atoms with Crippen molar-refractivity contribution in [1.29, 1.82) is 0 Å². The molecule has 3 aromatic heterocycles. The Balaban J connectivity index is 1.23. The first-order valence-corrected chi connectivity index (χ1v) is 19.5. The molecule has 56 heavy (non-hydrogen) atoms. The minimum atomic E-state index is 0.691. The first-order valence-electron chi connectivity index (χ1n) is 19.1. The molecule has 0 aliphatic heterocycles. The molecule has 12 aromatic rings. The maximum absolute atomic E-state index is 7.90. The lowest BCUT2D eigenvalue weighted by Gasteiger charge is -2.20. The smallest absolute Gasteiger partial charge is 0.0888 e. The summed E-state index contributed by atoms with van der Waals surface area (Å²) in [6, 6.07) is 66.3. The van der Waals surface area contributed by atoms with Gasteiger partial charge in [0, 0.05) is 32.3 Å². The van der Waals surface area contributed by atoms with E-state index in [-0.39, 0.29) is 0 Å². The molecule has 0 saturated carbocycles. The van der Waals surface area contributed by atoms with E-state index in [4.69, 9.17) is 11.6 Å². The van der Waals surface area contributed by atoms with E-state index in [0.717, 1.165) is 39.1 Å². The molecule has 0 bridgehead atoms. The first-order chi connectivity index (χ1) is 27.7. The van der Waals surface area contributed by atoms with Crippen molar-refractivity contribution in [2.45, 2.75) is 0 Å². The highest BCUT2D eigenvalue weighted by Crippen LogP contribution is 2.50. The predicted octanol–water partition coefficient (Wildman–Crippen LogP) is 14.4. The van der Waals surface area contributed by atoms with Gasteiger partial charge in [-0.15, -0.1) is 0 Å². The van der Waals surface area contributed by atoms with Crippen LogP contribution in [-0.2, 0) is 0 Å². The summed E-state index contributed by atoms with van der Waals surface area (Å²) in [6.07, 6.45) is 0. The first kappa shape index (κ1) is 30.3. The number of benzene rings is 9. The second-order valence-corrected chi connectivity index (χ2v) is 15.4. The van der Waals surface area contributed by atoms with Crippen LogP contribution in [0.1, 0.15) is 0 Å². The second-order valence-electron chi connectivity index (χ2n) is 15.0. The van der Waals surface area contributed by atoms with Gasteiger partial charge < -0.3 is 13.7 Å². The lowest BCUT2D eigenvalue weighted by Crippen LogP contribution is -2.05. The summed E-state index contributed by atoms with van der Waals surface area (Å²) >= 11 is 7.90. The van der Waals surface area contributed by atoms with Crippen molar-refractivity contribution in [2.24, 2.45) is 0 Å². The third kappa shape index (κ3) is 3.82. The molecule has 1 aliphatic rings. The number of nitrogens with zero attached hydrogens (tertiary/aromatic N) is 3. The van der Waals surface area contributed by atoms with Gasteiger partial charge in [0.15, 0.2) is 0 Å². The van der Waals surface area contributed by atoms with Gasteiger partial charge in [0.1, 0.15) is 0 Å². The van der Waals surface area contributed by atoms with Crippen molar-refractivity contribution in [3.8, 4) is 39.3 Å². The van der Waals surface area contributed by atoms with E-state index in [1.54, 1.807) is 0 Å². The van der Waals surface area contributed by atoms with Crippen LogP contribution in [0.15, 0.2) is 182 Å². The number of hydrogen-bond donors (Lipinski definition) is 0. The Hall–Kier alpha value is -7.07. The zero-order valence-electron chi connectivity index (χ0n) is 30.0. The third-order valence-corrected chi connectivity index (χ3v) is 12.6. The lowest BCUT2D eigenvalue weighted by atomic mass is 9.93. The Morgan fingerprint density at radius 1 is 0.304 bits per heavy atom. The molecule has 0 atom stereocenters. The number of halogens is 1. The van der Waals surface area contributed by atoms with Crippen LogP contribution in [0, 0.1) is 0 Å². The normalized spacial score (nSPS) is 12.4. The summed E-state index contributed by atoms with van der Waals surface area (Å²) in [5.74, 6) is 0. The van der Waals surface area contributed by atoms with Crippen LogP contribution in [-0.4, -0.2) is 13.7 Å². The van der Waals surface area contributed by atoms with Crippen LogP contribution in [0.3, 0.4) is 0 Å². The third-order valence-electron chi connectivity index (χ3n) is 12.2. The fraction of sp³-hybridized carbons (Fsp3) is 0. The summed E-state index contributed by atoms with van der Waals surface area (Å²) in [5, 5.41) is 10.6. The summed E-state index contributed by atoms with van der Waals surface area (Å²) in [7, 11) is 0. The molecule has 9 aromatic carbocycles. The van der Waals surface area contributed by atoms with Crippen molar-refractivity contribution in [2.75, 3.05) is 0 Å². The molecule has 3 heterocycles. The van der Waals surface area contributed by atoms with Crippen LogP contribution in [0.25, 0.3) is 116 Å². The summed E-state index contributed by atoms with van der Waals surface area (Å²) in [4.78, 5) is 0. The highest BCUT2D eigenvalue weighted by atomic mass is 35.5. The average Bonchev–Trinajstić information content (AvgIpc) is 3.87.